The van der Waals surface area contributed by atoms with E-state index in [2.05, 4.69) is 10.3 Å². The van der Waals surface area contributed by atoms with Crippen LogP contribution in [0.3, 0.4) is 0 Å². The number of nitrogens with zero attached hydrogens (tertiary/aromatic N) is 1. The number of hydrogen-bond donors (Lipinski definition) is 2. The average Bonchev–Trinajstić information content (AvgIpc) is 2.60. The van der Waals surface area contributed by atoms with Crippen LogP contribution >= 0.6 is 11.6 Å². The van der Waals surface area contributed by atoms with Gasteiger partial charge in [0.1, 0.15) is 0 Å². The molecule has 0 unspecified atom stereocenters. The number of carbonyl (C=O) groups excluding carboxylic acids is 1. The number of pyridine rings is 1. The first kappa shape index (κ1) is 16.9. The Kier molecular flexibility index (Phi) is 4.88. The maximum Gasteiger partial charge on any atom is 0.251 e. The fourth-order valence-corrected chi connectivity index (χ4v) is 3.46. The van der Waals surface area contributed by atoms with Crippen molar-refractivity contribution in [2.45, 2.75) is 44.2 Å². The molecule has 1 aliphatic carbocycles. The maximum absolute atomic E-state index is 12.5. The zero-order valence-corrected chi connectivity index (χ0v) is 14.4. The van der Waals surface area contributed by atoms with Gasteiger partial charge >= 0.3 is 0 Å². The van der Waals surface area contributed by atoms with Crippen molar-refractivity contribution in [3.05, 3.63) is 64.4 Å². The number of rotatable bonds is 3. The summed E-state index contributed by atoms with van der Waals surface area (Å²) in [5.41, 5.74) is 1.40. The third-order valence-electron chi connectivity index (χ3n) is 4.86. The van der Waals surface area contributed by atoms with Gasteiger partial charge < -0.3 is 10.4 Å². The van der Waals surface area contributed by atoms with Crippen molar-refractivity contribution in [3.63, 3.8) is 0 Å². The van der Waals surface area contributed by atoms with E-state index in [9.17, 15) is 9.90 Å². The fraction of sp³-hybridized carbons (Fsp3) is 0.368. The summed E-state index contributed by atoms with van der Waals surface area (Å²) >= 11 is 6.09. The van der Waals surface area contributed by atoms with E-state index in [0.717, 1.165) is 24.0 Å². The van der Waals surface area contributed by atoms with Crippen molar-refractivity contribution in [1.29, 1.82) is 0 Å². The molecule has 2 N–H and O–H groups in total. The monoisotopic (exact) mass is 344 g/mol. The molecule has 24 heavy (non-hydrogen) atoms. The van der Waals surface area contributed by atoms with Gasteiger partial charge in [-0.25, -0.2) is 0 Å². The molecule has 0 aliphatic heterocycles. The van der Waals surface area contributed by atoms with Gasteiger partial charge in [0.2, 0.25) is 0 Å². The van der Waals surface area contributed by atoms with E-state index in [1.807, 2.05) is 19.1 Å². The van der Waals surface area contributed by atoms with Crippen LogP contribution in [-0.2, 0) is 5.60 Å². The largest absolute Gasteiger partial charge is 0.385 e. The summed E-state index contributed by atoms with van der Waals surface area (Å²) in [6, 6.07) is 9.15. The number of hydrogen-bond acceptors (Lipinski definition) is 3. The lowest BCUT2D eigenvalue weighted by molar-refractivity contribution is -0.00832. The predicted octanol–water partition coefficient (Wildman–Crippen LogP) is 3.60. The molecule has 1 aromatic heterocycles. The number of amides is 1. The molecule has 0 saturated heterocycles. The molecule has 0 atom stereocenters. The predicted molar refractivity (Wildman–Crippen MR) is 94.0 cm³/mol. The molecule has 3 rings (SSSR count). The third kappa shape index (κ3) is 3.45. The molecule has 4 nitrogen and oxygen atoms in total. The van der Waals surface area contributed by atoms with Crippen LogP contribution < -0.4 is 5.32 Å². The molecule has 1 aliphatic rings. The number of aliphatic hydroxyl groups is 1. The Morgan fingerprint density at radius 3 is 2.71 bits per heavy atom. The van der Waals surface area contributed by atoms with E-state index in [0.29, 0.717) is 23.4 Å². The first-order valence-corrected chi connectivity index (χ1v) is 8.56. The van der Waals surface area contributed by atoms with Gasteiger partial charge in [0.25, 0.3) is 5.91 Å². The van der Waals surface area contributed by atoms with Crippen molar-refractivity contribution < 1.29 is 9.90 Å². The summed E-state index contributed by atoms with van der Waals surface area (Å²) < 4.78 is 0. The van der Waals surface area contributed by atoms with E-state index >= 15 is 0 Å². The molecule has 1 aromatic carbocycles. The Balaban J connectivity index is 1.63. The van der Waals surface area contributed by atoms with Crippen LogP contribution in [0.1, 0.15) is 47.2 Å². The van der Waals surface area contributed by atoms with Crippen LogP contribution in [0.4, 0.5) is 0 Å². The average molecular weight is 345 g/mol. The Labute approximate surface area is 146 Å². The zero-order valence-electron chi connectivity index (χ0n) is 13.6. The molecule has 0 radical (unpaired) electrons. The van der Waals surface area contributed by atoms with Crippen LogP contribution in [0.2, 0.25) is 5.02 Å². The van der Waals surface area contributed by atoms with Crippen molar-refractivity contribution in [1.82, 2.24) is 10.3 Å². The first-order valence-electron chi connectivity index (χ1n) is 8.18. The second kappa shape index (κ2) is 6.91. The van der Waals surface area contributed by atoms with Gasteiger partial charge in [-0.1, -0.05) is 23.7 Å². The van der Waals surface area contributed by atoms with E-state index in [4.69, 9.17) is 11.6 Å². The Hall–Kier alpha value is -1.91. The molecule has 2 aromatic rings. The minimum Gasteiger partial charge on any atom is -0.385 e. The maximum atomic E-state index is 12.5. The summed E-state index contributed by atoms with van der Waals surface area (Å²) in [5.74, 6) is -0.105. The molecule has 0 spiro atoms. The van der Waals surface area contributed by atoms with E-state index in [1.165, 1.54) is 0 Å². The quantitative estimate of drug-likeness (QED) is 0.894. The van der Waals surface area contributed by atoms with Crippen LogP contribution in [-0.4, -0.2) is 22.0 Å². The lowest BCUT2D eigenvalue weighted by atomic mass is 9.78. The molecule has 126 valence electrons. The highest BCUT2D eigenvalue weighted by atomic mass is 35.5. The van der Waals surface area contributed by atoms with Gasteiger partial charge in [-0.3, -0.25) is 9.78 Å². The molecular formula is C19H21ClN2O2. The van der Waals surface area contributed by atoms with Crippen LogP contribution in [0, 0.1) is 6.92 Å². The number of halogens is 1. The molecule has 1 amide bonds. The number of benzene rings is 1. The second-order valence-electron chi connectivity index (χ2n) is 6.43. The van der Waals surface area contributed by atoms with Crippen molar-refractivity contribution in [3.8, 4) is 0 Å². The van der Waals surface area contributed by atoms with E-state index in [-0.39, 0.29) is 11.9 Å². The van der Waals surface area contributed by atoms with Gasteiger partial charge in [-0.05, 0) is 56.4 Å². The van der Waals surface area contributed by atoms with E-state index < -0.39 is 5.60 Å². The SMILES string of the molecule is Cc1c(Cl)cccc1C(=O)NC1CCC(O)(c2cccnc2)CC1. The second-order valence-corrected chi connectivity index (χ2v) is 6.84. The summed E-state index contributed by atoms with van der Waals surface area (Å²) in [6.45, 7) is 1.85. The normalized spacial score (nSPS) is 23.7. The van der Waals surface area contributed by atoms with Gasteiger partial charge in [0, 0.05) is 34.6 Å². The highest BCUT2D eigenvalue weighted by molar-refractivity contribution is 6.31. The van der Waals surface area contributed by atoms with Crippen molar-refractivity contribution in [2.24, 2.45) is 0 Å². The topological polar surface area (TPSA) is 62.2 Å². The lowest BCUT2D eigenvalue weighted by Crippen LogP contribution is -2.42. The smallest absolute Gasteiger partial charge is 0.251 e. The minimum atomic E-state index is -0.846. The van der Waals surface area contributed by atoms with Gasteiger partial charge in [0.05, 0.1) is 5.60 Å². The number of carbonyl (C=O) groups is 1. The molecule has 1 heterocycles. The fourth-order valence-electron chi connectivity index (χ4n) is 3.28. The Morgan fingerprint density at radius 1 is 1.29 bits per heavy atom. The summed E-state index contributed by atoms with van der Waals surface area (Å²) in [6.07, 6.45) is 6.10. The summed E-state index contributed by atoms with van der Waals surface area (Å²) in [4.78, 5) is 16.6. The van der Waals surface area contributed by atoms with Crippen LogP contribution in [0.5, 0.6) is 0 Å². The molecule has 5 heteroatoms. The lowest BCUT2D eigenvalue weighted by Gasteiger charge is -2.36. The Morgan fingerprint density at radius 2 is 2.04 bits per heavy atom. The Bertz CT molecular complexity index is 725. The van der Waals surface area contributed by atoms with Crippen molar-refractivity contribution in [2.75, 3.05) is 0 Å². The van der Waals surface area contributed by atoms with Crippen molar-refractivity contribution >= 4 is 17.5 Å². The molecular weight excluding hydrogens is 324 g/mol. The first-order chi connectivity index (χ1) is 11.5. The standard InChI is InChI=1S/C19H21ClN2O2/c1-13-16(5-2-6-17(13)20)18(23)22-15-7-9-19(24,10-8-15)14-4-3-11-21-12-14/h2-6,11-12,15,24H,7-10H2,1H3,(H,22,23). The third-order valence-corrected chi connectivity index (χ3v) is 5.27. The number of nitrogens with one attached hydrogen (secondary N) is 1. The van der Waals surface area contributed by atoms with Gasteiger partial charge in [-0.2, -0.15) is 0 Å². The molecule has 1 fully saturated rings. The van der Waals surface area contributed by atoms with Crippen LogP contribution in [0.15, 0.2) is 42.7 Å². The highest BCUT2D eigenvalue weighted by Crippen LogP contribution is 2.36. The number of aromatic nitrogens is 1. The minimum absolute atomic E-state index is 0.0628. The van der Waals surface area contributed by atoms with Gasteiger partial charge in [-0.15, -0.1) is 0 Å². The zero-order chi connectivity index (χ0) is 17.2. The summed E-state index contributed by atoms with van der Waals surface area (Å²) in [7, 11) is 0. The van der Waals surface area contributed by atoms with Crippen LogP contribution in [0.25, 0.3) is 0 Å². The molecule has 1 saturated carbocycles. The molecule has 0 bridgehead atoms. The van der Waals surface area contributed by atoms with Gasteiger partial charge in [0.15, 0.2) is 0 Å². The highest BCUT2D eigenvalue weighted by Gasteiger charge is 2.35. The van der Waals surface area contributed by atoms with E-state index in [1.54, 1.807) is 30.6 Å². The summed E-state index contributed by atoms with van der Waals surface area (Å²) in [5, 5.41) is 14.5.